The lowest BCUT2D eigenvalue weighted by Crippen LogP contribution is -2.40. The predicted molar refractivity (Wildman–Crippen MR) is 73.8 cm³/mol. The highest BCUT2D eigenvalue weighted by Gasteiger charge is 2.25. The van der Waals surface area contributed by atoms with Crippen molar-refractivity contribution in [2.24, 2.45) is 0 Å². The Bertz CT molecular complexity index is 529. The SMILES string of the molecule is Cc1ccc(C(=O)NC(C)(C)c2nccs2)cc1. The number of aromatic nitrogens is 1. The van der Waals surface area contributed by atoms with Gasteiger partial charge in [-0.25, -0.2) is 4.98 Å². The van der Waals surface area contributed by atoms with E-state index in [0.29, 0.717) is 5.56 Å². The number of benzene rings is 1. The average Bonchev–Trinajstić information content (AvgIpc) is 2.83. The zero-order valence-corrected chi connectivity index (χ0v) is 11.5. The van der Waals surface area contributed by atoms with Gasteiger partial charge in [0.2, 0.25) is 0 Å². The van der Waals surface area contributed by atoms with Crippen molar-refractivity contribution in [3.05, 3.63) is 52.0 Å². The monoisotopic (exact) mass is 260 g/mol. The Kier molecular flexibility index (Phi) is 3.48. The van der Waals surface area contributed by atoms with Crippen LogP contribution in [0.15, 0.2) is 35.8 Å². The van der Waals surface area contributed by atoms with Crippen molar-refractivity contribution in [2.45, 2.75) is 26.3 Å². The third-order valence-electron chi connectivity index (χ3n) is 2.71. The molecule has 0 unspecified atom stereocenters. The van der Waals surface area contributed by atoms with E-state index in [4.69, 9.17) is 0 Å². The number of nitrogens with one attached hydrogen (secondary N) is 1. The first kappa shape index (κ1) is 12.8. The fourth-order valence-corrected chi connectivity index (χ4v) is 2.36. The van der Waals surface area contributed by atoms with Crippen molar-refractivity contribution in [3.8, 4) is 0 Å². The van der Waals surface area contributed by atoms with Crippen LogP contribution in [0.4, 0.5) is 0 Å². The van der Waals surface area contributed by atoms with Gasteiger partial charge in [-0.15, -0.1) is 11.3 Å². The molecule has 2 aromatic rings. The van der Waals surface area contributed by atoms with Gasteiger partial charge in [0.15, 0.2) is 0 Å². The van der Waals surface area contributed by atoms with E-state index in [-0.39, 0.29) is 5.91 Å². The summed E-state index contributed by atoms with van der Waals surface area (Å²) >= 11 is 1.54. The zero-order chi connectivity index (χ0) is 13.2. The molecule has 0 aliphatic heterocycles. The minimum absolute atomic E-state index is 0.0739. The molecule has 1 amide bonds. The van der Waals surface area contributed by atoms with Crippen molar-refractivity contribution >= 4 is 17.2 Å². The Labute approximate surface area is 111 Å². The summed E-state index contributed by atoms with van der Waals surface area (Å²) in [5, 5.41) is 5.82. The molecule has 0 spiro atoms. The lowest BCUT2D eigenvalue weighted by molar-refractivity contribution is 0.0912. The zero-order valence-electron chi connectivity index (χ0n) is 10.7. The number of nitrogens with zero attached hydrogens (tertiary/aromatic N) is 1. The van der Waals surface area contributed by atoms with Gasteiger partial charge in [0.05, 0.1) is 5.54 Å². The van der Waals surface area contributed by atoms with Crippen LogP contribution in [-0.4, -0.2) is 10.9 Å². The molecule has 0 bridgehead atoms. The summed E-state index contributed by atoms with van der Waals surface area (Å²) in [6, 6.07) is 7.54. The van der Waals surface area contributed by atoms with E-state index >= 15 is 0 Å². The molecule has 0 atom stereocenters. The molecule has 0 aliphatic carbocycles. The summed E-state index contributed by atoms with van der Waals surface area (Å²) in [6.07, 6.45) is 1.75. The maximum atomic E-state index is 12.1. The molecule has 1 aromatic carbocycles. The normalized spacial score (nSPS) is 11.3. The Hall–Kier alpha value is -1.68. The quantitative estimate of drug-likeness (QED) is 0.921. The van der Waals surface area contributed by atoms with E-state index in [2.05, 4.69) is 10.3 Å². The third kappa shape index (κ3) is 2.76. The summed E-state index contributed by atoms with van der Waals surface area (Å²) in [5.41, 5.74) is 1.37. The summed E-state index contributed by atoms with van der Waals surface area (Å²) in [5.74, 6) is -0.0739. The second-order valence-corrected chi connectivity index (χ2v) is 5.68. The molecular weight excluding hydrogens is 244 g/mol. The topological polar surface area (TPSA) is 42.0 Å². The van der Waals surface area contributed by atoms with Crippen LogP contribution in [0.5, 0.6) is 0 Å². The van der Waals surface area contributed by atoms with E-state index < -0.39 is 5.54 Å². The molecule has 18 heavy (non-hydrogen) atoms. The fourth-order valence-electron chi connectivity index (χ4n) is 1.65. The molecule has 2 rings (SSSR count). The first-order chi connectivity index (χ1) is 8.49. The van der Waals surface area contributed by atoms with Crippen LogP contribution in [0.25, 0.3) is 0 Å². The second kappa shape index (κ2) is 4.90. The van der Waals surface area contributed by atoms with E-state index in [9.17, 15) is 4.79 Å². The van der Waals surface area contributed by atoms with Crippen molar-refractivity contribution < 1.29 is 4.79 Å². The summed E-state index contributed by atoms with van der Waals surface area (Å²) in [6.45, 7) is 5.91. The number of hydrogen-bond donors (Lipinski definition) is 1. The number of aryl methyl sites for hydroxylation is 1. The Morgan fingerprint density at radius 3 is 2.50 bits per heavy atom. The van der Waals surface area contributed by atoms with E-state index in [1.54, 1.807) is 17.5 Å². The highest BCUT2D eigenvalue weighted by atomic mass is 32.1. The number of amides is 1. The Balaban J connectivity index is 2.14. The van der Waals surface area contributed by atoms with Gasteiger partial charge in [-0.3, -0.25) is 4.79 Å². The molecular formula is C14H16N2OS. The first-order valence-corrected chi connectivity index (χ1v) is 6.66. The lowest BCUT2D eigenvalue weighted by Gasteiger charge is -2.23. The minimum atomic E-state index is -0.448. The molecule has 3 nitrogen and oxygen atoms in total. The maximum absolute atomic E-state index is 12.1. The first-order valence-electron chi connectivity index (χ1n) is 5.78. The van der Waals surface area contributed by atoms with E-state index in [1.807, 2.05) is 50.4 Å². The molecule has 94 valence electrons. The molecule has 0 radical (unpaired) electrons. The Morgan fingerprint density at radius 1 is 1.28 bits per heavy atom. The minimum Gasteiger partial charge on any atom is -0.341 e. The molecule has 0 fully saturated rings. The number of thiazole rings is 1. The highest BCUT2D eigenvalue weighted by molar-refractivity contribution is 7.09. The van der Waals surface area contributed by atoms with Gasteiger partial charge in [-0.05, 0) is 32.9 Å². The molecule has 1 N–H and O–H groups in total. The molecule has 0 saturated heterocycles. The third-order valence-corrected chi connectivity index (χ3v) is 3.80. The van der Waals surface area contributed by atoms with Crippen molar-refractivity contribution in [2.75, 3.05) is 0 Å². The van der Waals surface area contributed by atoms with Gasteiger partial charge in [-0.2, -0.15) is 0 Å². The van der Waals surface area contributed by atoms with Gasteiger partial charge in [0, 0.05) is 17.1 Å². The van der Waals surface area contributed by atoms with Gasteiger partial charge in [0.1, 0.15) is 5.01 Å². The molecule has 0 saturated carbocycles. The van der Waals surface area contributed by atoms with Crippen molar-refractivity contribution in [1.29, 1.82) is 0 Å². The fraction of sp³-hybridized carbons (Fsp3) is 0.286. The molecule has 1 heterocycles. The van der Waals surface area contributed by atoms with Crippen LogP contribution in [0, 0.1) is 6.92 Å². The lowest BCUT2D eigenvalue weighted by atomic mass is 10.1. The molecule has 4 heteroatoms. The van der Waals surface area contributed by atoms with Gasteiger partial charge in [-0.1, -0.05) is 17.7 Å². The van der Waals surface area contributed by atoms with Crippen LogP contribution in [0.3, 0.4) is 0 Å². The largest absolute Gasteiger partial charge is 0.341 e. The van der Waals surface area contributed by atoms with Gasteiger partial charge < -0.3 is 5.32 Å². The standard InChI is InChI=1S/C14H16N2OS/c1-10-4-6-11(7-5-10)12(17)16-14(2,3)13-15-8-9-18-13/h4-9H,1-3H3,(H,16,17). The van der Waals surface area contributed by atoms with Crippen molar-refractivity contribution in [1.82, 2.24) is 10.3 Å². The number of carbonyl (C=O) groups is 1. The number of carbonyl (C=O) groups excluding carboxylic acids is 1. The number of rotatable bonds is 3. The second-order valence-electron chi connectivity index (χ2n) is 4.78. The number of hydrogen-bond acceptors (Lipinski definition) is 3. The summed E-state index contributed by atoms with van der Waals surface area (Å²) in [7, 11) is 0. The molecule has 1 aromatic heterocycles. The van der Waals surface area contributed by atoms with Gasteiger partial charge in [0.25, 0.3) is 5.91 Å². The average molecular weight is 260 g/mol. The van der Waals surface area contributed by atoms with Gasteiger partial charge >= 0.3 is 0 Å². The predicted octanol–water partition coefficient (Wildman–Crippen LogP) is 3.12. The van der Waals surface area contributed by atoms with E-state index in [0.717, 1.165) is 10.6 Å². The summed E-state index contributed by atoms with van der Waals surface area (Å²) < 4.78 is 0. The van der Waals surface area contributed by atoms with Crippen LogP contribution < -0.4 is 5.32 Å². The van der Waals surface area contributed by atoms with Crippen LogP contribution in [0.2, 0.25) is 0 Å². The molecule has 0 aliphatic rings. The Morgan fingerprint density at radius 2 is 1.94 bits per heavy atom. The maximum Gasteiger partial charge on any atom is 0.252 e. The van der Waals surface area contributed by atoms with Crippen LogP contribution in [-0.2, 0) is 5.54 Å². The van der Waals surface area contributed by atoms with Crippen LogP contribution in [0.1, 0.15) is 34.8 Å². The van der Waals surface area contributed by atoms with Crippen LogP contribution >= 0.6 is 11.3 Å². The van der Waals surface area contributed by atoms with E-state index in [1.165, 1.54) is 0 Å². The summed E-state index contributed by atoms with van der Waals surface area (Å²) in [4.78, 5) is 16.4. The highest BCUT2D eigenvalue weighted by Crippen LogP contribution is 2.22. The smallest absolute Gasteiger partial charge is 0.252 e. The van der Waals surface area contributed by atoms with Crippen molar-refractivity contribution in [3.63, 3.8) is 0 Å².